The minimum atomic E-state index is -0.0260. The number of aromatic nitrogens is 3. The van der Waals surface area contributed by atoms with Crippen LogP contribution >= 0.6 is 11.8 Å². The molecule has 4 rings (SSSR count). The normalized spacial score (nSPS) is 17.2. The Kier molecular flexibility index (Phi) is 6.27. The van der Waals surface area contributed by atoms with Crippen molar-refractivity contribution in [2.45, 2.75) is 37.1 Å². The van der Waals surface area contributed by atoms with Crippen LogP contribution in [0.15, 0.2) is 65.8 Å². The number of ether oxygens (including phenoxy) is 1. The van der Waals surface area contributed by atoms with Crippen LogP contribution in [0.3, 0.4) is 0 Å². The SMILES string of the molecule is CC(NC(=O)CSc1nnc(-c2ccccc2)n1-c1ccccc1)C1CCCO1. The first-order valence-electron chi connectivity index (χ1n) is 9.82. The Hall–Kier alpha value is -2.64. The number of amides is 1. The molecule has 150 valence electrons. The molecule has 1 fully saturated rings. The monoisotopic (exact) mass is 408 g/mol. The van der Waals surface area contributed by atoms with E-state index in [-0.39, 0.29) is 23.8 Å². The van der Waals surface area contributed by atoms with Crippen LogP contribution in [0.1, 0.15) is 19.8 Å². The van der Waals surface area contributed by atoms with Crippen LogP contribution < -0.4 is 5.32 Å². The van der Waals surface area contributed by atoms with Crippen molar-refractivity contribution < 1.29 is 9.53 Å². The number of hydrogen-bond acceptors (Lipinski definition) is 5. The first kappa shape index (κ1) is 19.7. The Morgan fingerprint density at radius 1 is 1.17 bits per heavy atom. The lowest BCUT2D eigenvalue weighted by Gasteiger charge is -2.19. The first-order valence-corrected chi connectivity index (χ1v) is 10.8. The molecule has 1 saturated heterocycles. The van der Waals surface area contributed by atoms with E-state index in [1.54, 1.807) is 0 Å². The van der Waals surface area contributed by atoms with Gasteiger partial charge in [-0.2, -0.15) is 0 Å². The molecule has 6 nitrogen and oxygen atoms in total. The van der Waals surface area contributed by atoms with Crippen LogP contribution in [0.5, 0.6) is 0 Å². The zero-order chi connectivity index (χ0) is 20.1. The number of rotatable bonds is 7. The van der Waals surface area contributed by atoms with Crippen molar-refractivity contribution in [1.82, 2.24) is 20.1 Å². The molecule has 2 heterocycles. The van der Waals surface area contributed by atoms with Crippen LogP contribution in [0.4, 0.5) is 0 Å². The van der Waals surface area contributed by atoms with Crippen molar-refractivity contribution in [1.29, 1.82) is 0 Å². The van der Waals surface area contributed by atoms with Crippen molar-refractivity contribution >= 4 is 17.7 Å². The van der Waals surface area contributed by atoms with E-state index >= 15 is 0 Å². The van der Waals surface area contributed by atoms with Crippen molar-refractivity contribution in [3.05, 3.63) is 60.7 Å². The molecule has 1 aliphatic heterocycles. The molecule has 3 aromatic rings. The summed E-state index contributed by atoms with van der Waals surface area (Å²) < 4.78 is 7.66. The summed E-state index contributed by atoms with van der Waals surface area (Å²) in [6, 6.07) is 19.9. The van der Waals surface area contributed by atoms with Gasteiger partial charge in [-0.05, 0) is 31.9 Å². The van der Waals surface area contributed by atoms with Crippen molar-refractivity contribution in [2.75, 3.05) is 12.4 Å². The van der Waals surface area contributed by atoms with Gasteiger partial charge < -0.3 is 10.1 Å². The zero-order valence-electron chi connectivity index (χ0n) is 16.3. The fourth-order valence-corrected chi connectivity index (χ4v) is 4.23. The van der Waals surface area contributed by atoms with Gasteiger partial charge in [-0.1, -0.05) is 60.3 Å². The molecule has 0 aliphatic carbocycles. The lowest BCUT2D eigenvalue weighted by Crippen LogP contribution is -2.41. The number of carbonyl (C=O) groups excluding carboxylic acids is 1. The quantitative estimate of drug-likeness (QED) is 0.604. The molecule has 1 aromatic heterocycles. The average molecular weight is 409 g/mol. The predicted molar refractivity (Wildman–Crippen MR) is 114 cm³/mol. The van der Waals surface area contributed by atoms with Gasteiger partial charge in [0, 0.05) is 17.9 Å². The maximum Gasteiger partial charge on any atom is 0.230 e. The standard InChI is InChI=1S/C22H24N4O2S/c1-16(19-13-8-14-28-19)23-20(27)15-29-22-25-24-21(17-9-4-2-5-10-17)26(22)18-11-6-3-7-12-18/h2-7,9-12,16,19H,8,13-15H2,1H3,(H,23,27). The topological polar surface area (TPSA) is 69.0 Å². The number of nitrogens with zero attached hydrogens (tertiary/aromatic N) is 3. The second kappa shape index (κ2) is 9.24. The number of benzene rings is 2. The third kappa shape index (κ3) is 4.68. The van der Waals surface area contributed by atoms with E-state index in [1.165, 1.54) is 11.8 Å². The molecule has 1 aliphatic rings. The van der Waals surface area contributed by atoms with E-state index in [2.05, 4.69) is 15.5 Å². The van der Waals surface area contributed by atoms with Crippen molar-refractivity contribution in [2.24, 2.45) is 0 Å². The van der Waals surface area contributed by atoms with Gasteiger partial charge in [0.2, 0.25) is 5.91 Å². The third-order valence-corrected chi connectivity index (χ3v) is 5.85. The number of para-hydroxylation sites is 1. The van der Waals surface area contributed by atoms with E-state index in [0.29, 0.717) is 5.16 Å². The summed E-state index contributed by atoms with van der Waals surface area (Å²) in [5, 5.41) is 12.5. The van der Waals surface area contributed by atoms with Crippen LogP contribution in [0.2, 0.25) is 0 Å². The Morgan fingerprint density at radius 3 is 2.59 bits per heavy atom. The first-order chi connectivity index (χ1) is 14.2. The predicted octanol–water partition coefficient (Wildman–Crippen LogP) is 3.71. The summed E-state index contributed by atoms with van der Waals surface area (Å²) in [5.41, 5.74) is 1.94. The molecule has 2 atom stereocenters. The minimum Gasteiger partial charge on any atom is -0.376 e. The highest BCUT2D eigenvalue weighted by atomic mass is 32.2. The van der Waals surface area contributed by atoms with Crippen LogP contribution in [-0.4, -0.2) is 45.2 Å². The van der Waals surface area contributed by atoms with E-state index in [0.717, 1.165) is 36.5 Å². The Morgan fingerprint density at radius 2 is 1.90 bits per heavy atom. The van der Waals surface area contributed by atoms with Crippen LogP contribution in [-0.2, 0) is 9.53 Å². The van der Waals surface area contributed by atoms with Gasteiger partial charge in [0.1, 0.15) is 0 Å². The summed E-state index contributed by atoms with van der Waals surface area (Å²) in [4.78, 5) is 12.5. The zero-order valence-corrected chi connectivity index (χ0v) is 17.1. The maximum atomic E-state index is 12.5. The molecule has 1 N–H and O–H groups in total. The highest BCUT2D eigenvalue weighted by Gasteiger charge is 2.24. The Balaban J connectivity index is 1.51. The summed E-state index contributed by atoms with van der Waals surface area (Å²) >= 11 is 1.39. The number of nitrogens with one attached hydrogen (secondary N) is 1. The van der Waals surface area contributed by atoms with Gasteiger partial charge in [-0.25, -0.2) is 0 Å². The largest absolute Gasteiger partial charge is 0.376 e. The van der Waals surface area contributed by atoms with Gasteiger partial charge >= 0.3 is 0 Å². The molecule has 2 aromatic carbocycles. The van der Waals surface area contributed by atoms with E-state index < -0.39 is 0 Å². The van der Waals surface area contributed by atoms with Crippen molar-refractivity contribution in [3.63, 3.8) is 0 Å². The molecule has 1 amide bonds. The summed E-state index contributed by atoms with van der Waals surface area (Å²) in [7, 11) is 0. The summed E-state index contributed by atoms with van der Waals surface area (Å²) in [5.74, 6) is 1.01. The van der Waals surface area contributed by atoms with E-state index in [4.69, 9.17) is 4.74 Å². The summed E-state index contributed by atoms with van der Waals surface area (Å²) in [6.07, 6.45) is 2.17. The average Bonchev–Trinajstić information content (AvgIpc) is 3.44. The Labute approximate surface area is 174 Å². The maximum absolute atomic E-state index is 12.5. The molecule has 0 saturated carbocycles. The molecule has 0 spiro atoms. The third-order valence-electron chi connectivity index (χ3n) is 4.92. The molecule has 29 heavy (non-hydrogen) atoms. The molecule has 2 unspecified atom stereocenters. The minimum absolute atomic E-state index is 0.0115. The smallest absolute Gasteiger partial charge is 0.230 e. The van der Waals surface area contributed by atoms with Gasteiger partial charge in [0.05, 0.1) is 17.9 Å². The fourth-order valence-electron chi connectivity index (χ4n) is 3.46. The molecule has 0 bridgehead atoms. The molecular weight excluding hydrogens is 384 g/mol. The fraction of sp³-hybridized carbons (Fsp3) is 0.318. The van der Waals surface area contributed by atoms with Crippen molar-refractivity contribution in [3.8, 4) is 17.1 Å². The van der Waals surface area contributed by atoms with Gasteiger partial charge in [-0.3, -0.25) is 9.36 Å². The number of thioether (sulfide) groups is 1. The van der Waals surface area contributed by atoms with Gasteiger partial charge in [0.15, 0.2) is 11.0 Å². The van der Waals surface area contributed by atoms with Gasteiger partial charge in [-0.15, -0.1) is 10.2 Å². The second-order valence-electron chi connectivity index (χ2n) is 7.04. The van der Waals surface area contributed by atoms with Gasteiger partial charge in [0.25, 0.3) is 0 Å². The Bertz CT molecular complexity index is 940. The highest BCUT2D eigenvalue weighted by Crippen LogP contribution is 2.27. The number of carbonyl (C=O) groups is 1. The van der Waals surface area contributed by atoms with E-state index in [1.807, 2.05) is 72.2 Å². The molecular formula is C22H24N4O2S. The van der Waals surface area contributed by atoms with E-state index in [9.17, 15) is 4.79 Å². The van der Waals surface area contributed by atoms with Crippen LogP contribution in [0, 0.1) is 0 Å². The second-order valence-corrected chi connectivity index (χ2v) is 7.98. The number of hydrogen-bond donors (Lipinski definition) is 1. The lowest BCUT2D eigenvalue weighted by atomic mass is 10.1. The van der Waals surface area contributed by atoms with Crippen LogP contribution in [0.25, 0.3) is 17.1 Å². The summed E-state index contributed by atoms with van der Waals surface area (Å²) in [6.45, 7) is 2.78. The highest BCUT2D eigenvalue weighted by molar-refractivity contribution is 7.99. The molecule has 0 radical (unpaired) electrons. The molecule has 7 heteroatoms. The lowest BCUT2D eigenvalue weighted by molar-refractivity contribution is -0.120.